The quantitative estimate of drug-likeness (QED) is 0.151. The summed E-state index contributed by atoms with van der Waals surface area (Å²) in [5.41, 5.74) is 3.23. The highest BCUT2D eigenvalue weighted by Gasteiger charge is 2.87. The van der Waals surface area contributed by atoms with Crippen molar-refractivity contribution < 1.29 is 72.5 Å². The molecule has 6 saturated heterocycles. The molecule has 19 nitrogen and oxygen atoms in total. The van der Waals surface area contributed by atoms with Crippen LogP contribution in [0.5, 0.6) is 0 Å². The molecule has 16 rings (SSSR count). The summed E-state index contributed by atoms with van der Waals surface area (Å²) >= 11 is 0. The Bertz CT molecular complexity index is 2720. The smallest absolute Gasteiger partial charge is 0.332 e. The van der Waals surface area contributed by atoms with Crippen molar-refractivity contribution in [2.24, 2.45) is 101 Å². The number of aliphatic hydroxyl groups excluding tert-OH is 2. The Hall–Kier alpha value is -1.37. The zero-order chi connectivity index (χ0) is 64.6. The number of hydrogen-bond acceptors (Lipinski definition) is 17. The van der Waals surface area contributed by atoms with Gasteiger partial charge in [-0.3, -0.25) is 19.4 Å². The minimum Gasteiger partial charge on any atom is -0.479 e. The van der Waals surface area contributed by atoms with Crippen LogP contribution in [0.2, 0.25) is 0 Å². The first-order valence-corrected chi connectivity index (χ1v) is 36.2. The van der Waals surface area contributed by atoms with E-state index >= 15 is 0 Å². The van der Waals surface area contributed by atoms with Crippen molar-refractivity contribution in [3.8, 4) is 0 Å². The normalized spacial score (nSPS) is 52.4. The van der Waals surface area contributed by atoms with E-state index < -0.39 is 30.4 Å². The predicted octanol–water partition coefficient (Wildman–Crippen LogP) is 8.78. The van der Waals surface area contributed by atoms with Crippen LogP contribution in [0.4, 0.5) is 0 Å². The zero-order valence-electron chi connectivity index (χ0n) is 58.4. The van der Waals surface area contributed by atoms with E-state index in [2.05, 4.69) is 89.4 Å². The van der Waals surface area contributed by atoms with E-state index in [1.165, 1.54) is 63.5 Å². The van der Waals surface area contributed by atoms with Crippen molar-refractivity contribution in [1.29, 1.82) is 0 Å². The summed E-state index contributed by atoms with van der Waals surface area (Å²) in [7, 11) is 6.44. The lowest BCUT2D eigenvalue weighted by molar-refractivity contribution is -0.256. The molecule has 0 aromatic rings. The number of carbonyl (C=O) groups is 2. The number of carboxylic acids is 1. The lowest BCUT2D eigenvalue weighted by Crippen LogP contribution is -2.60. The number of hydrogen-bond donors (Lipinski definition) is 4. The van der Waals surface area contributed by atoms with E-state index in [0.717, 1.165) is 104 Å². The summed E-state index contributed by atoms with van der Waals surface area (Å²) in [6, 6.07) is 1.03. The SMILES string of the molecule is CNOC.CON(C)C(=O)C1C[C@@H](C)C2C(O1)[C@H](O)[C@@]1(C)[C@@H]3CC[C@H]4C(C)(C)C(O[C@H]5CN(C6COC6)CCO5)CC[C@@]45CC35CC[C@]21C.C[C@@H]1CC(C(=O)O)OC2C1[C@@]1(C)CCC34C[C@@]35CCC(O[C@H]3CN(C6COC6)CCO3)C(C)(C)[C@@H]5CC[C@H]4[C@]1(C)[C@H]2O.Cl. The first-order valence-electron chi connectivity index (χ1n) is 36.2. The lowest BCUT2D eigenvalue weighted by atomic mass is 9.41. The van der Waals surface area contributed by atoms with Crippen LogP contribution in [0.1, 0.15) is 172 Å². The second-order valence-electron chi connectivity index (χ2n) is 35.0. The molecule has 6 aliphatic heterocycles. The molecule has 92 heavy (non-hydrogen) atoms. The van der Waals surface area contributed by atoms with E-state index in [4.69, 9.17) is 42.7 Å². The highest BCUT2D eigenvalue weighted by Crippen LogP contribution is 2.91. The maximum Gasteiger partial charge on any atom is 0.332 e. The van der Waals surface area contributed by atoms with E-state index in [1.807, 2.05) is 0 Å². The maximum absolute atomic E-state index is 13.1. The van der Waals surface area contributed by atoms with Gasteiger partial charge in [-0.2, -0.15) is 0 Å². The molecule has 1 amide bonds. The van der Waals surface area contributed by atoms with Crippen LogP contribution in [0, 0.1) is 101 Å². The van der Waals surface area contributed by atoms with Crippen LogP contribution >= 0.6 is 12.4 Å². The number of nitrogens with zero attached hydrogens (tertiary/aromatic N) is 3. The second-order valence-corrected chi connectivity index (χ2v) is 35.0. The van der Waals surface area contributed by atoms with Crippen molar-refractivity contribution in [3.05, 3.63) is 0 Å². The van der Waals surface area contributed by atoms with Crippen molar-refractivity contribution >= 4 is 24.3 Å². The molecule has 20 heteroatoms. The van der Waals surface area contributed by atoms with Gasteiger partial charge in [0, 0.05) is 38.0 Å². The Morgan fingerprint density at radius 3 is 1.35 bits per heavy atom. The third-order valence-corrected chi connectivity index (χ3v) is 31.8. The van der Waals surface area contributed by atoms with Crippen LogP contribution in [0.15, 0.2) is 0 Å². The van der Waals surface area contributed by atoms with Gasteiger partial charge in [0.1, 0.15) is 6.10 Å². The molecule has 0 aromatic carbocycles. The van der Waals surface area contributed by atoms with Crippen LogP contribution < -0.4 is 5.48 Å². The molecule has 4 N–H and O–H groups in total. The molecule has 6 heterocycles. The van der Waals surface area contributed by atoms with Gasteiger partial charge < -0.3 is 58.1 Å². The van der Waals surface area contributed by atoms with Crippen LogP contribution in [-0.2, 0) is 57.2 Å². The van der Waals surface area contributed by atoms with Crippen LogP contribution in [0.3, 0.4) is 0 Å². The number of carboxylic acid groups (broad SMARTS) is 1. The van der Waals surface area contributed by atoms with Gasteiger partial charge in [0.2, 0.25) is 0 Å². The Labute approximate surface area is 555 Å². The number of ether oxygens (including phenoxy) is 8. The van der Waals surface area contributed by atoms with Crippen molar-refractivity contribution in [1.82, 2.24) is 20.3 Å². The molecule has 524 valence electrons. The van der Waals surface area contributed by atoms with Gasteiger partial charge in [-0.1, -0.05) is 69.2 Å². The fourth-order valence-electron chi connectivity index (χ4n) is 27.0. The van der Waals surface area contributed by atoms with Crippen LogP contribution in [-0.4, -0.2) is 210 Å². The molecule has 26 atom stereocenters. The van der Waals surface area contributed by atoms with E-state index in [9.17, 15) is 24.9 Å². The average Bonchev–Trinajstić information content (AvgIpc) is 1.47. The largest absolute Gasteiger partial charge is 0.479 e. The van der Waals surface area contributed by atoms with Gasteiger partial charge in [-0.05, 0) is 193 Å². The Kier molecular flexibility index (Phi) is 18.2. The third-order valence-electron chi connectivity index (χ3n) is 31.8. The molecular formula is C72H119ClN4O15. The number of nitrogens with one attached hydrogen (secondary N) is 1. The number of rotatable bonds is 10. The van der Waals surface area contributed by atoms with Crippen molar-refractivity contribution in [2.45, 2.75) is 245 Å². The first kappa shape index (κ1) is 69.1. The number of aliphatic carboxylic acids is 1. The Morgan fingerprint density at radius 1 is 0.576 bits per heavy atom. The van der Waals surface area contributed by atoms with Gasteiger partial charge in [-0.15, -0.1) is 12.4 Å². The lowest BCUT2D eigenvalue weighted by Gasteiger charge is -2.64. The van der Waals surface area contributed by atoms with Gasteiger partial charge in [0.25, 0.3) is 5.91 Å². The van der Waals surface area contributed by atoms with Gasteiger partial charge in [-0.25, -0.2) is 15.3 Å². The number of amides is 1. The van der Waals surface area contributed by atoms with Gasteiger partial charge in [0.15, 0.2) is 18.7 Å². The number of halogens is 1. The fraction of sp³-hybridized carbons (Fsp3) is 0.972. The van der Waals surface area contributed by atoms with E-state index in [1.54, 1.807) is 21.2 Å². The topological polar surface area (TPSA) is 209 Å². The monoisotopic (exact) mass is 1310 g/mol. The standard InChI is InChI=1S/C36H58N2O7.C34H53NO7.C2H7NO.ClH/c1-21-16-23(31(40)37(6)41-7)44-29-28(21)33(4)12-13-36-20-35(36)11-10-26(45-27-17-38(14-15-43-27)22-18-42-19-22)32(2,3)24(35)8-9-25(36)34(33,5)30(29)39;1-19-14-21(29(37)38)41-27-26(19)31(4)10-11-34-18-33(34)9-8-24(42-25-15-35(12-13-40-25)20-16-39-17-20)30(2,3)22(33)6-7-23(34)32(31,5)28(27)36;1-3-4-2;/h21-30,39H,8-20H2,1-7H3;19-28,36H,6-18H2,1-5H3,(H,37,38);3H,1-2H3;1H/t21-,23?,24+,25+,26?,27+,28?,29?,30+,33-,34-,35-,36?;19-,21?,22+,23+,24?,25+,26?,27?,28+,31-,32-,33-,34?;;/m11../s1. The summed E-state index contributed by atoms with van der Waals surface area (Å²) in [4.78, 5) is 39.6. The number of hydroxylamine groups is 3. The summed E-state index contributed by atoms with van der Waals surface area (Å²) in [5, 5.41) is 35.7. The summed E-state index contributed by atoms with van der Waals surface area (Å²) in [6.07, 6.45) is 14.6. The Balaban J connectivity index is 0.000000158. The van der Waals surface area contributed by atoms with Crippen molar-refractivity contribution in [3.63, 3.8) is 0 Å². The van der Waals surface area contributed by atoms with Crippen molar-refractivity contribution in [2.75, 3.05) is 94.1 Å². The number of morpholine rings is 2. The maximum atomic E-state index is 13.1. The first-order chi connectivity index (χ1) is 43.1. The molecule has 0 aromatic heterocycles. The summed E-state index contributed by atoms with van der Waals surface area (Å²) < 4.78 is 49.9. The number of likely N-dealkylation sites (N-methyl/N-ethyl adjacent to an activating group) is 1. The molecule has 0 radical (unpaired) electrons. The van der Waals surface area contributed by atoms with E-state index in [0.29, 0.717) is 65.3 Å². The summed E-state index contributed by atoms with van der Waals surface area (Å²) in [5.74, 6) is 2.10. The van der Waals surface area contributed by atoms with Crippen LogP contribution in [0.25, 0.3) is 0 Å². The van der Waals surface area contributed by atoms with E-state index in [-0.39, 0.29) is 116 Å². The molecule has 10 aliphatic carbocycles. The fourth-order valence-corrected chi connectivity index (χ4v) is 27.0. The molecule has 16 aliphatic rings. The third kappa shape index (κ3) is 9.65. The number of aliphatic hydroxyl groups is 2. The minimum absolute atomic E-state index is 0. The van der Waals surface area contributed by atoms with Gasteiger partial charge >= 0.3 is 5.97 Å². The predicted molar refractivity (Wildman–Crippen MR) is 345 cm³/mol. The number of fused-ring (bicyclic) bond motifs is 8. The molecule has 16 fully saturated rings. The Morgan fingerprint density at radius 2 is 0.967 bits per heavy atom. The average molecular weight is 1320 g/mol. The zero-order valence-corrected chi connectivity index (χ0v) is 59.2. The second kappa shape index (κ2) is 24.2. The molecule has 10 unspecified atom stereocenters. The molecular weight excluding hydrogens is 1200 g/mol. The molecule has 4 spiro atoms. The molecule has 0 bridgehead atoms. The highest BCUT2D eigenvalue weighted by molar-refractivity contribution is 5.85. The molecule has 10 saturated carbocycles. The number of carbonyl (C=O) groups excluding carboxylic acids is 1. The minimum atomic E-state index is -0.889. The summed E-state index contributed by atoms with van der Waals surface area (Å²) in [6.45, 7) is 32.4. The highest BCUT2D eigenvalue weighted by atomic mass is 35.5. The van der Waals surface area contributed by atoms with Gasteiger partial charge in [0.05, 0.1) is 116 Å².